The minimum Gasteiger partial charge on any atom is -0.330 e. The molecule has 0 aromatic rings. The minimum absolute atomic E-state index is 0.424. The first kappa shape index (κ1) is 14.6. The average molecular weight is 241 g/mol. The highest BCUT2D eigenvalue weighted by Gasteiger charge is 2.23. The maximum atomic E-state index is 6.21. The summed E-state index contributed by atoms with van der Waals surface area (Å²) in [6.07, 6.45) is 0. The number of nitrogens with one attached hydrogen (secondary N) is 1. The molecule has 1 unspecified atom stereocenters. The molecule has 3 nitrogen and oxygen atoms in total. The fourth-order valence-corrected chi connectivity index (χ4v) is 3.61. The van der Waals surface area contributed by atoms with Crippen LogP contribution in [-0.4, -0.2) is 37.0 Å². The molecule has 14 heavy (non-hydrogen) atoms. The highest BCUT2D eigenvalue weighted by Crippen LogP contribution is 2.49. The second kappa shape index (κ2) is 7.84. The minimum atomic E-state index is -0.969. The normalized spacial score (nSPS) is 14.4. The van der Waals surface area contributed by atoms with Crippen LogP contribution in [0.25, 0.3) is 0 Å². The van der Waals surface area contributed by atoms with Gasteiger partial charge in [-0.2, -0.15) is 0 Å². The molecular weight excluding hydrogens is 219 g/mol. The molecular formula is C9H22ClN2OP. The molecule has 5 heteroatoms. The molecule has 0 bridgehead atoms. The predicted molar refractivity (Wildman–Crippen MR) is 64.8 cm³/mol. The van der Waals surface area contributed by atoms with E-state index in [1.165, 1.54) is 0 Å². The lowest BCUT2D eigenvalue weighted by molar-refractivity contribution is 0.263. The van der Waals surface area contributed by atoms with Gasteiger partial charge in [0.2, 0.25) is 7.65 Å². The van der Waals surface area contributed by atoms with Crippen molar-refractivity contribution in [1.82, 2.24) is 9.99 Å². The van der Waals surface area contributed by atoms with Gasteiger partial charge in [-0.25, -0.2) is 4.67 Å². The molecule has 0 amide bonds. The van der Waals surface area contributed by atoms with E-state index >= 15 is 0 Å². The van der Waals surface area contributed by atoms with Crippen molar-refractivity contribution >= 4 is 18.9 Å². The first-order chi connectivity index (χ1) is 6.50. The molecule has 0 aliphatic rings. The summed E-state index contributed by atoms with van der Waals surface area (Å²) in [6.45, 7) is 10.1. The lowest BCUT2D eigenvalue weighted by atomic mass is 10.3. The van der Waals surface area contributed by atoms with Gasteiger partial charge in [0.25, 0.3) is 0 Å². The molecule has 1 N–H and O–H groups in total. The number of halogens is 1. The molecule has 0 spiro atoms. The van der Waals surface area contributed by atoms with E-state index in [2.05, 4.69) is 37.7 Å². The summed E-state index contributed by atoms with van der Waals surface area (Å²) >= 11 is 6.21. The monoisotopic (exact) mass is 240 g/mol. The smallest absolute Gasteiger partial charge is 0.207 e. The Morgan fingerprint density at radius 2 is 1.79 bits per heavy atom. The molecule has 0 saturated heterocycles. The van der Waals surface area contributed by atoms with Gasteiger partial charge in [0, 0.05) is 18.6 Å². The van der Waals surface area contributed by atoms with Gasteiger partial charge in [-0.1, -0.05) is 0 Å². The van der Waals surface area contributed by atoms with E-state index < -0.39 is 7.65 Å². The number of rotatable bonds is 7. The molecule has 86 valence electrons. The summed E-state index contributed by atoms with van der Waals surface area (Å²) in [5, 5.41) is 3.03. The van der Waals surface area contributed by atoms with Gasteiger partial charge in [0.05, 0.1) is 6.61 Å². The Morgan fingerprint density at radius 3 is 2.14 bits per heavy atom. The Bertz CT molecular complexity index is 139. The van der Waals surface area contributed by atoms with E-state index in [1.54, 1.807) is 0 Å². The first-order valence-electron chi connectivity index (χ1n) is 5.02. The van der Waals surface area contributed by atoms with Gasteiger partial charge >= 0.3 is 0 Å². The average Bonchev–Trinajstić information content (AvgIpc) is 2.03. The zero-order valence-corrected chi connectivity index (χ0v) is 11.4. The molecule has 0 aliphatic carbocycles. The van der Waals surface area contributed by atoms with E-state index in [0.717, 1.165) is 6.54 Å². The zero-order valence-electron chi connectivity index (χ0n) is 9.75. The third-order valence-corrected chi connectivity index (χ3v) is 4.29. The first-order valence-corrected chi connectivity index (χ1v) is 7.14. The highest BCUT2D eigenvalue weighted by molar-refractivity contribution is 7.78. The van der Waals surface area contributed by atoms with Crippen molar-refractivity contribution in [2.45, 2.75) is 39.8 Å². The van der Waals surface area contributed by atoms with Crippen LogP contribution in [0.2, 0.25) is 0 Å². The largest absolute Gasteiger partial charge is 0.330 e. The zero-order chi connectivity index (χ0) is 11.1. The third-order valence-electron chi connectivity index (χ3n) is 1.79. The topological polar surface area (TPSA) is 24.5 Å². The van der Waals surface area contributed by atoms with Crippen LogP contribution in [0, 0.1) is 0 Å². The third kappa shape index (κ3) is 5.47. The van der Waals surface area contributed by atoms with Crippen LogP contribution in [0.5, 0.6) is 0 Å². The van der Waals surface area contributed by atoms with Gasteiger partial charge < -0.3 is 9.84 Å². The summed E-state index contributed by atoms with van der Waals surface area (Å²) in [7, 11) is 0.936. The van der Waals surface area contributed by atoms with E-state index in [9.17, 15) is 0 Å². The maximum absolute atomic E-state index is 6.21. The Kier molecular flexibility index (Phi) is 8.17. The summed E-state index contributed by atoms with van der Waals surface area (Å²) in [5.74, 6) is 0. The summed E-state index contributed by atoms with van der Waals surface area (Å²) in [5.41, 5.74) is 0. The van der Waals surface area contributed by atoms with Crippen molar-refractivity contribution in [2.75, 3.05) is 20.2 Å². The predicted octanol–water partition coefficient (Wildman–Crippen LogP) is 2.81. The maximum Gasteiger partial charge on any atom is 0.207 e. The molecule has 0 saturated carbocycles. The summed E-state index contributed by atoms with van der Waals surface area (Å²) in [6, 6.07) is 0.849. The molecule has 0 heterocycles. The SMILES string of the molecule is CNCCOP(Cl)N(C(C)C)C(C)C. The van der Waals surface area contributed by atoms with Gasteiger partial charge in [-0.05, 0) is 46.0 Å². The lowest BCUT2D eigenvalue weighted by Crippen LogP contribution is -2.32. The quantitative estimate of drug-likeness (QED) is 0.547. The van der Waals surface area contributed by atoms with Gasteiger partial charge in [-0.15, -0.1) is 0 Å². The molecule has 0 aromatic heterocycles. The number of nitrogens with zero attached hydrogens (tertiary/aromatic N) is 1. The van der Waals surface area contributed by atoms with Crippen LogP contribution < -0.4 is 5.32 Å². The van der Waals surface area contributed by atoms with Crippen LogP contribution in [-0.2, 0) is 4.52 Å². The van der Waals surface area contributed by atoms with E-state index in [4.69, 9.17) is 15.8 Å². The van der Waals surface area contributed by atoms with Crippen molar-refractivity contribution in [2.24, 2.45) is 0 Å². The second-order valence-electron chi connectivity index (χ2n) is 3.73. The molecule has 0 rings (SSSR count). The number of hydrogen-bond acceptors (Lipinski definition) is 3. The van der Waals surface area contributed by atoms with Crippen molar-refractivity contribution in [3.05, 3.63) is 0 Å². The fourth-order valence-electron chi connectivity index (χ4n) is 1.25. The molecule has 0 fully saturated rings. The Balaban J connectivity index is 3.96. The number of likely N-dealkylation sites (N-methyl/N-ethyl adjacent to an activating group) is 1. The van der Waals surface area contributed by atoms with Crippen LogP contribution in [0.4, 0.5) is 0 Å². The molecule has 1 atom stereocenters. The van der Waals surface area contributed by atoms with Crippen LogP contribution >= 0.6 is 18.9 Å². The molecule has 0 aliphatic heterocycles. The Hall–Kier alpha value is 0.600. The lowest BCUT2D eigenvalue weighted by Gasteiger charge is -2.32. The van der Waals surface area contributed by atoms with E-state index in [-0.39, 0.29) is 0 Å². The standard InChI is InChI=1S/C9H22ClN2OP/c1-8(2)12(9(3)4)14(10)13-7-6-11-5/h8-9,11H,6-7H2,1-5H3. The van der Waals surface area contributed by atoms with Crippen molar-refractivity contribution < 1.29 is 4.52 Å². The van der Waals surface area contributed by atoms with Crippen LogP contribution in [0.3, 0.4) is 0 Å². The summed E-state index contributed by atoms with van der Waals surface area (Å²) < 4.78 is 7.76. The number of hydrogen-bond donors (Lipinski definition) is 1. The highest BCUT2D eigenvalue weighted by atomic mass is 35.7. The second-order valence-corrected chi connectivity index (χ2v) is 5.77. The van der Waals surface area contributed by atoms with Crippen molar-refractivity contribution in [1.29, 1.82) is 0 Å². The summed E-state index contributed by atoms with van der Waals surface area (Å²) in [4.78, 5) is 0. The van der Waals surface area contributed by atoms with Gasteiger partial charge in [-0.3, -0.25) is 0 Å². The van der Waals surface area contributed by atoms with Crippen molar-refractivity contribution in [3.8, 4) is 0 Å². The molecule has 0 aromatic carbocycles. The Labute approximate surface area is 93.8 Å². The van der Waals surface area contributed by atoms with Gasteiger partial charge in [0.15, 0.2) is 0 Å². The van der Waals surface area contributed by atoms with Crippen LogP contribution in [0.1, 0.15) is 27.7 Å². The Morgan fingerprint density at radius 1 is 1.29 bits per heavy atom. The van der Waals surface area contributed by atoms with Gasteiger partial charge in [0.1, 0.15) is 0 Å². The van der Waals surface area contributed by atoms with Crippen LogP contribution in [0.15, 0.2) is 0 Å². The fraction of sp³-hybridized carbons (Fsp3) is 1.00. The van der Waals surface area contributed by atoms with E-state index in [1.807, 2.05) is 7.05 Å². The van der Waals surface area contributed by atoms with E-state index in [0.29, 0.717) is 18.7 Å². The van der Waals surface area contributed by atoms with Crippen molar-refractivity contribution in [3.63, 3.8) is 0 Å². The molecule has 0 radical (unpaired) electrons.